The van der Waals surface area contributed by atoms with E-state index in [0.29, 0.717) is 12.4 Å². The van der Waals surface area contributed by atoms with Crippen molar-refractivity contribution in [1.82, 2.24) is 0 Å². The number of carbonyl (C=O) groups is 1. The fourth-order valence-electron chi connectivity index (χ4n) is 3.38. The fourth-order valence-corrected chi connectivity index (χ4v) is 3.38. The molecule has 4 aromatic rings. The number of carbonyl (C=O) groups excluding carboxylic acids is 1. The largest absolute Gasteiger partial charge is 0.481 e. The highest BCUT2D eigenvalue weighted by Crippen LogP contribution is 2.39. The van der Waals surface area contributed by atoms with E-state index >= 15 is 0 Å². The zero-order valence-corrected chi connectivity index (χ0v) is 14.0. The molecule has 0 aliphatic rings. The molecule has 124 valence electrons. The summed E-state index contributed by atoms with van der Waals surface area (Å²) in [5, 5.41) is 6.84. The Labute approximate surface area is 145 Å². The molecule has 3 heteroatoms. The first-order valence-electron chi connectivity index (χ1n) is 8.40. The lowest BCUT2D eigenvalue weighted by Crippen LogP contribution is -2.14. The van der Waals surface area contributed by atoms with Crippen LogP contribution in [0.15, 0.2) is 66.7 Å². The molecule has 25 heavy (non-hydrogen) atoms. The van der Waals surface area contributed by atoms with Crippen molar-refractivity contribution in [3.63, 3.8) is 0 Å². The van der Waals surface area contributed by atoms with E-state index in [1.54, 1.807) is 6.92 Å². The first kappa shape index (κ1) is 15.5. The summed E-state index contributed by atoms with van der Waals surface area (Å²) in [7, 11) is 0. The Balaban J connectivity index is 1.98. The van der Waals surface area contributed by atoms with E-state index in [1.165, 1.54) is 16.2 Å². The summed E-state index contributed by atoms with van der Waals surface area (Å²) in [6, 6.07) is 22.6. The van der Waals surface area contributed by atoms with Crippen LogP contribution in [0.25, 0.3) is 32.3 Å². The van der Waals surface area contributed by atoms with Crippen molar-refractivity contribution in [3.05, 3.63) is 66.7 Å². The van der Waals surface area contributed by atoms with E-state index in [-0.39, 0.29) is 12.6 Å². The normalized spacial score (nSPS) is 11.1. The lowest BCUT2D eigenvalue weighted by molar-refractivity contribution is -0.145. The molecule has 0 aromatic heterocycles. The van der Waals surface area contributed by atoms with Crippen molar-refractivity contribution < 1.29 is 14.3 Å². The van der Waals surface area contributed by atoms with Gasteiger partial charge in [-0.1, -0.05) is 60.7 Å². The van der Waals surface area contributed by atoms with Crippen LogP contribution in [-0.2, 0) is 9.53 Å². The molecule has 0 bridgehead atoms. The Hall–Kier alpha value is -3.07. The monoisotopic (exact) mass is 330 g/mol. The topological polar surface area (TPSA) is 35.5 Å². The first-order valence-corrected chi connectivity index (χ1v) is 8.40. The Bertz CT molecular complexity index is 1040. The number of hydrogen-bond donors (Lipinski definition) is 0. The molecule has 0 radical (unpaired) electrons. The molecular formula is C22H18O3. The minimum absolute atomic E-state index is 0.0892. The van der Waals surface area contributed by atoms with Gasteiger partial charge in [-0.2, -0.15) is 0 Å². The molecule has 0 aliphatic carbocycles. The van der Waals surface area contributed by atoms with E-state index in [4.69, 9.17) is 9.47 Å². The van der Waals surface area contributed by atoms with Gasteiger partial charge in [-0.15, -0.1) is 0 Å². The van der Waals surface area contributed by atoms with Crippen LogP contribution in [0.3, 0.4) is 0 Å². The van der Waals surface area contributed by atoms with Crippen LogP contribution < -0.4 is 4.74 Å². The van der Waals surface area contributed by atoms with Gasteiger partial charge in [0.05, 0.1) is 6.61 Å². The fraction of sp³-hybridized carbons (Fsp3) is 0.136. The summed E-state index contributed by atoms with van der Waals surface area (Å²) in [6.07, 6.45) is 0. The molecule has 3 nitrogen and oxygen atoms in total. The second kappa shape index (κ2) is 6.44. The predicted octanol–water partition coefficient (Wildman–Crippen LogP) is 5.09. The minimum atomic E-state index is -0.357. The van der Waals surface area contributed by atoms with Gasteiger partial charge in [-0.05, 0) is 39.9 Å². The Morgan fingerprint density at radius 2 is 1.28 bits per heavy atom. The molecule has 0 aliphatic heterocycles. The van der Waals surface area contributed by atoms with Crippen LogP contribution in [0.5, 0.6) is 5.75 Å². The van der Waals surface area contributed by atoms with E-state index in [9.17, 15) is 4.79 Å². The highest BCUT2D eigenvalue weighted by molar-refractivity contribution is 6.26. The zero-order valence-electron chi connectivity index (χ0n) is 14.0. The number of rotatable bonds is 4. The van der Waals surface area contributed by atoms with Gasteiger partial charge in [-0.3, -0.25) is 0 Å². The van der Waals surface area contributed by atoms with Gasteiger partial charge in [0.15, 0.2) is 6.61 Å². The van der Waals surface area contributed by atoms with Crippen LogP contribution in [0, 0.1) is 0 Å². The molecule has 4 rings (SSSR count). The summed E-state index contributed by atoms with van der Waals surface area (Å²) in [4.78, 5) is 11.7. The van der Waals surface area contributed by atoms with Gasteiger partial charge in [0.1, 0.15) is 5.75 Å². The average Bonchev–Trinajstić information content (AvgIpc) is 2.66. The second-order valence-corrected chi connectivity index (χ2v) is 5.86. The Morgan fingerprint density at radius 1 is 0.760 bits per heavy atom. The molecule has 0 fully saturated rings. The third-order valence-electron chi connectivity index (χ3n) is 4.38. The highest BCUT2D eigenvalue weighted by atomic mass is 16.6. The molecular weight excluding hydrogens is 312 g/mol. The Morgan fingerprint density at radius 3 is 1.88 bits per heavy atom. The smallest absolute Gasteiger partial charge is 0.344 e. The standard InChI is InChI=1S/C22H18O3/c1-2-24-21(23)14-25-20-13-7-12-19-17-9-4-3-8-15(17)16-10-5-6-11-18(16)22(19)20/h3-13H,2,14H2,1H3. The number of fused-ring (bicyclic) bond motifs is 6. The van der Waals surface area contributed by atoms with Gasteiger partial charge in [0.25, 0.3) is 0 Å². The summed E-state index contributed by atoms with van der Waals surface area (Å²) >= 11 is 0. The van der Waals surface area contributed by atoms with Crippen LogP contribution in [0.1, 0.15) is 6.92 Å². The van der Waals surface area contributed by atoms with E-state index in [1.807, 2.05) is 30.3 Å². The average molecular weight is 330 g/mol. The molecule has 0 atom stereocenters. The maximum Gasteiger partial charge on any atom is 0.344 e. The molecule has 0 N–H and O–H groups in total. The number of esters is 1. The number of ether oxygens (including phenoxy) is 2. The molecule has 0 heterocycles. The number of hydrogen-bond acceptors (Lipinski definition) is 3. The quantitative estimate of drug-likeness (QED) is 0.386. The SMILES string of the molecule is CCOC(=O)COc1cccc2c3ccccc3c3ccccc3c12. The van der Waals surface area contributed by atoms with Gasteiger partial charge in [0.2, 0.25) is 0 Å². The summed E-state index contributed by atoms with van der Waals surface area (Å²) in [6.45, 7) is 2.05. The van der Waals surface area contributed by atoms with E-state index in [2.05, 4.69) is 36.4 Å². The van der Waals surface area contributed by atoms with Gasteiger partial charge in [0, 0.05) is 5.39 Å². The van der Waals surface area contributed by atoms with Crippen LogP contribution >= 0.6 is 0 Å². The molecule has 0 saturated heterocycles. The lowest BCUT2D eigenvalue weighted by Gasteiger charge is -2.14. The highest BCUT2D eigenvalue weighted by Gasteiger charge is 2.13. The summed E-state index contributed by atoms with van der Waals surface area (Å²) in [5.41, 5.74) is 0. The molecule has 0 saturated carbocycles. The van der Waals surface area contributed by atoms with E-state index < -0.39 is 0 Å². The molecule has 0 unspecified atom stereocenters. The first-order chi connectivity index (χ1) is 12.3. The van der Waals surface area contributed by atoms with Gasteiger partial charge >= 0.3 is 5.97 Å². The Kier molecular flexibility index (Phi) is 3.98. The van der Waals surface area contributed by atoms with Gasteiger partial charge < -0.3 is 9.47 Å². The van der Waals surface area contributed by atoms with E-state index in [0.717, 1.165) is 16.2 Å². The molecule has 0 spiro atoms. The third-order valence-corrected chi connectivity index (χ3v) is 4.38. The van der Waals surface area contributed by atoms with Crippen molar-refractivity contribution in [1.29, 1.82) is 0 Å². The van der Waals surface area contributed by atoms with Gasteiger partial charge in [-0.25, -0.2) is 4.79 Å². The summed E-state index contributed by atoms with van der Waals surface area (Å²) < 4.78 is 10.8. The van der Waals surface area contributed by atoms with Crippen molar-refractivity contribution in [3.8, 4) is 5.75 Å². The summed E-state index contributed by atoms with van der Waals surface area (Å²) in [5.74, 6) is 0.345. The van der Waals surface area contributed by atoms with Crippen molar-refractivity contribution in [2.75, 3.05) is 13.2 Å². The van der Waals surface area contributed by atoms with Crippen molar-refractivity contribution in [2.45, 2.75) is 6.92 Å². The van der Waals surface area contributed by atoms with Crippen molar-refractivity contribution >= 4 is 38.3 Å². The lowest BCUT2D eigenvalue weighted by atomic mass is 9.94. The van der Waals surface area contributed by atoms with Crippen LogP contribution in [0.4, 0.5) is 0 Å². The minimum Gasteiger partial charge on any atom is -0.481 e. The molecule has 0 amide bonds. The molecule has 4 aromatic carbocycles. The number of benzene rings is 4. The maximum atomic E-state index is 11.7. The predicted molar refractivity (Wildman–Crippen MR) is 101 cm³/mol. The maximum absolute atomic E-state index is 11.7. The van der Waals surface area contributed by atoms with Crippen molar-refractivity contribution in [2.24, 2.45) is 0 Å². The third kappa shape index (κ3) is 2.68. The zero-order chi connectivity index (χ0) is 17.2. The second-order valence-electron chi connectivity index (χ2n) is 5.86. The van der Waals surface area contributed by atoms with Crippen LogP contribution in [0.2, 0.25) is 0 Å². The van der Waals surface area contributed by atoms with Crippen LogP contribution in [-0.4, -0.2) is 19.2 Å².